The smallest absolute Gasteiger partial charge is 0.337 e. The van der Waals surface area contributed by atoms with Gasteiger partial charge < -0.3 is 10.1 Å². The second kappa shape index (κ2) is 4.65. The van der Waals surface area contributed by atoms with Crippen molar-refractivity contribution in [3.8, 4) is 0 Å². The number of methoxy groups -OCH3 is 1. The van der Waals surface area contributed by atoms with Crippen molar-refractivity contribution in [1.82, 2.24) is 0 Å². The van der Waals surface area contributed by atoms with E-state index in [-0.39, 0.29) is 17.6 Å². The summed E-state index contributed by atoms with van der Waals surface area (Å²) in [6.07, 6.45) is 0.655. The maximum Gasteiger partial charge on any atom is 0.337 e. The Bertz CT molecular complexity index is 831. The van der Waals surface area contributed by atoms with E-state index in [9.17, 15) is 14.0 Å². The van der Waals surface area contributed by atoms with E-state index in [1.807, 2.05) is 0 Å². The minimum atomic E-state index is -0.656. The van der Waals surface area contributed by atoms with Crippen LogP contribution in [0.2, 0.25) is 0 Å². The summed E-state index contributed by atoms with van der Waals surface area (Å²) in [6.45, 7) is 0. The summed E-state index contributed by atoms with van der Waals surface area (Å²) in [7, 11) is 1.33. The number of halogens is 1. The molecular weight excluding hydrogens is 297 g/mol. The number of benzene rings is 2. The lowest BCUT2D eigenvalue weighted by molar-refractivity contribution is -0.118. The third-order valence-corrected chi connectivity index (χ3v) is 4.81. The molecule has 0 radical (unpaired) electrons. The van der Waals surface area contributed by atoms with Gasteiger partial charge in [-0.25, -0.2) is 9.18 Å². The molecule has 116 valence electrons. The molecule has 0 saturated heterocycles. The summed E-state index contributed by atoms with van der Waals surface area (Å²) >= 11 is 0. The first-order valence-corrected chi connectivity index (χ1v) is 7.36. The molecular formula is C18H14FNO3. The van der Waals surface area contributed by atoms with Gasteiger partial charge in [0.25, 0.3) is 0 Å². The maximum atomic E-state index is 13.1. The standard InChI is InChI=1S/C18H14FNO3/c1-23-16(21)11-4-7-15-13(8-11)18(17(22)20-15)9-14(18)10-2-5-12(19)6-3-10/h2-8,14H,9H2,1H3,(H,20,22)/t14-,18-/m1/s1. The summed E-state index contributed by atoms with van der Waals surface area (Å²) in [4.78, 5) is 24.3. The fourth-order valence-electron chi connectivity index (χ4n) is 3.53. The van der Waals surface area contributed by atoms with Crippen molar-refractivity contribution in [2.75, 3.05) is 12.4 Å². The van der Waals surface area contributed by atoms with Crippen LogP contribution in [0.25, 0.3) is 0 Å². The van der Waals surface area contributed by atoms with Gasteiger partial charge in [0.2, 0.25) is 5.91 Å². The molecule has 0 aromatic heterocycles. The van der Waals surface area contributed by atoms with Crippen molar-refractivity contribution in [3.63, 3.8) is 0 Å². The van der Waals surface area contributed by atoms with Crippen LogP contribution in [0.3, 0.4) is 0 Å². The zero-order chi connectivity index (χ0) is 16.2. The highest BCUT2D eigenvalue weighted by Gasteiger charge is 2.65. The van der Waals surface area contributed by atoms with E-state index in [1.165, 1.54) is 19.2 Å². The Labute approximate surface area is 132 Å². The highest BCUT2D eigenvalue weighted by molar-refractivity contribution is 6.10. The summed E-state index contributed by atoms with van der Waals surface area (Å²) in [5, 5.41) is 2.88. The molecule has 2 aliphatic rings. The molecule has 4 rings (SSSR count). The Balaban J connectivity index is 1.76. The normalized spacial score (nSPS) is 24.3. The molecule has 0 bridgehead atoms. The van der Waals surface area contributed by atoms with E-state index in [4.69, 9.17) is 4.74 Å². The summed E-state index contributed by atoms with van der Waals surface area (Å²) in [5.41, 5.74) is 2.24. The zero-order valence-electron chi connectivity index (χ0n) is 12.4. The summed E-state index contributed by atoms with van der Waals surface area (Å²) in [6, 6.07) is 11.3. The molecule has 1 fully saturated rings. The monoisotopic (exact) mass is 311 g/mol. The third-order valence-electron chi connectivity index (χ3n) is 4.81. The van der Waals surface area contributed by atoms with Crippen LogP contribution in [0.5, 0.6) is 0 Å². The van der Waals surface area contributed by atoms with Crippen LogP contribution in [0, 0.1) is 5.82 Å². The minimum absolute atomic E-state index is 0.00255. The number of esters is 1. The van der Waals surface area contributed by atoms with Crippen molar-refractivity contribution in [2.45, 2.75) is 17.8 Å². The van der Waals surface area contributed by atoms with Crippen molar-refractivity contribution in [3.05, 3.63) is 65.0 Å². The predicted molar refractivity (Wildman–Crippen MR) is 81.8 cm³/mol. The topological polar surface area (TPSA) is 55.4 Å². The number of anilines is 1. The average molecular weight is 311 g/mol. The van der Waals surface area contributed by atoms with E-state index >= 15 is 0 Å². The third kappa shape index (κ3) is 1.89. The van der Waals surface area contributed by atoms with Gasteiger partial charge in [0.05, 0.1) is 18.1 Å². The summed E-state index contributed by atoms with van der Waals surface area (Å²) < 4.78 is 17.9. The van der Waals surface area contributed by atoms with Gasteiger partial charge in [-0.15, -0.1) is 0 Å². The quantitative estimate of drug-likeness (QED) is 0.868. The number of nitrogens with one attached hydrogen (secondary N) is 1. The molecule has 5 heteroatoms. The molecule has 2 aromatic carbocycles. The van der Waals surface area contributed by atoms with Crippen LogP contribution >= 0.6 is 0 Å². The minimum Gasteiger partial charge on any atom is -0.465 e. The Hall–Kier alpha value is -2.69. The first-order valence-electron chi connectivity index (χ1n) is 7.36. The van der Waals surface area contributed by atoms with Crippen molar-refractivity contribution >= 4 is 17.6 Å². The molecule has 1 aliphatic carbocycles. The molecule has 0 unspecified atom stereocenters. The first kappa shape index (κ1) is 13.9. The lowest BCUT2D eigenvalue weighted by Crippen LogP contribution is -2.21. The van der Waals surface area contributed by atoms with E-state index < -0.39 is 11.4 Å². The van der Waals surface area contributed by atoms with E-state index in [2.05, 4.69) is 5.32 Å². The molecule has 1 amide bonds. The number of amides is 1. The van der Waals surface area contributed by atoms with Crippen molar-refractivity contribution < 1.29 is 18.7 Å². The molecule has 2 atom stereocenters. The number of hydrogen-bond donors (Lipinski definition) is 1. The predicted octanol–water partition coefficient (Wildman–Crippen LogP) is 2.99. The Morgan fingerprint density at radius 2 is 2.00 bits per heavy atom. The number of carbonyl (C=O) groups excluding carboxylic acids is 2. The molecule has 23 heavy (non-hydrogen) atoms. The van der Waals surface area contributed by atoms with Gasteiger partial charge in [0, 0.05) is 11.6 Å². The molecule has 1 N–H and O–H groups in total. The maximum absolute atomic E-state index is 13.1. The number of carbonyl (C=O) groups is 2. The van der Waals surface area contributed by atoms with Gasteiger partial charge in [0.1, 0.15) is 5.82 Å². The lowest BCUT2D eigenvalue weighted by Gasteiger charge is -2.10. The molecule has 2 aromatic rings. The second-order valence-electron chi connectivity index (χ2n) is 5.99. The van der Waals surface area contributed by atoms with Crippen LogP contribution in [0.15, 0.2) is 42.5 Å². The Kier molecular flexibility index (Phi) is 2.82. The van der Waals surface area contributed by atoms with Crippen LogP contribution in [0.1, 0.15) is 33.8 Å². The molecule has 4 nitrogen and oxygen atoms in total. The number of rotatable bonds is 2. The van der Waals surface area contributed by atoms with Gasteiger partial charge in [-0.3, -0.25) is 4.79 Å². The fourth-order valence-corrected chi connectivity index (χ4v) is 3.53. The van der Waals surface area contributed by atoms with Crippen LogP contribution < -0.4 is 5.32 Å². The van der Waals surface area contributed by atoms with Crippen LogP contribution in [-0.2, 0) is 14.9 Å². The van der Waals surface area contributed by atoms with Crippen molar-refractivity contribution in [2.24, 2.45) is 0 Å². The van der Waals surface area contributed by atoms with E-state index in [1.54, 1.807) is 30.3 Å². The summed E-state index contributed by atoms with van der Waals surface area (Å²) in [5.74, 6) is -0.796. The van der Waals surface area contributed by atoms with E-state index in [0.29, 0.717) is 12.0 Å². The van der Waals surface area contributed by atoms with Crippen LogP contribution in [-0.4, -0.2) is 19.0 Å². The van der Waals surface area contributed by atoms with Gasteiger partial charge in [-0.1, -0.05) is 12.1 Å². The van der Waals surface area contributed by atoms with Crippen LogP contribution in [0.4, 0.5) is 10.1 Å². The van der Waals surface area contributed by atoms with Gasteiger partial charge >= 0.3 is 5.97 Å². The highest BCUT2D eigenvalue weighted by Crippen LogP contribution is 2.64. The van der Waals surface area contributed by atoms with Gasteiger partial charge in [0.15, 0.2) is 0 Å². The fraction of sp³-hybridized carbons (Fsp3) is 0.222. The SMILES string of the molecule is COC(=O)c1ccc2c(c1)[C@@]1(C[C@@H]1c1ccc(F)cc1)C(=O)N2. The highest BCUT2D eigenvalue weighted by atomic mass is 19.1. The molecule has 1 saturated carbocycles. The molecule has 1 heterocycles. The average Bonchev–Trinajstić information content (AvgIpc) is 3.25. The van der Waals surface area contributed by atoms with Crippen molar-refractivity contribution in [1.29, 1.82) is 0 Å². The molecule has 1 spiro atoms. The number of hydrogen-bond acceptors (Lipinski definition) is 3. The number of ether oxygens (including phenoxy) is 1. The Morgan fingerprint density at radius 1 is 1.26 bits per heavy atom. The Morgan fingerprint density at radius 3 is 2.70 bits per heavy atom. The van der Waals surface area contributed by atoms with Gasteiger partial charge in [-0.2, -0.15) is 0 Å². The zero-order valence-corrected chi connectivity index (χ0v) is 12.4. The second-order valence-corrected chi connectivity index (χ2v) is 5.99. The number of fused-ring (bicyclic) bond motifs is 2. The lowest BCUT2D eigenvalue weighted by atomic mass is 9.91. The molecule has 1 aliphatic heterocycles. The largest absolute Gasteiger partial charge is 0.465 e. The first-order chi connectivity index (χ1) is 11.1. The van der Waals surface area contributed by atoms with E-state index in [0.717, 1.165) is 16.8 Å². The van der Waals surface area contributed by atoms with Gasteiger partial charge in [-0.05, 0) is 47.9 Å².